The summed E-state index contributed by atoms with van der Waals surface area (Å²) in [7, 11) is -2.51. The van der Waals surface area contributed by atoms with Gasteiger partial charge < -0.3 is 5.73 Å². The normalized spacial score (nSPS) is 9.90. The Labute approximate surface area is 123 Å². The Hall–Kier alpha value is -2.67. The maximum absolute atomic E-state index is 11.6. The first-order valence-corrected chi connectivity index (χ1v) is 7.11. The standard InChI is InChI=1S/C14H13N3O3S/c15-14(18)17(13-7-2-1-3-8-13)10-11-5-4-6-12(9-11)16-21(19)20/h1-9H,10H2,(H2,15,18). The lowest BCUT2D eigenvalue weighted by molar-refractivity contribution is 0.253. The largest absolute Gasteiger partial charge is 0.351 e. The van der Waals surface area contributed by atoms with Gasteiger partial charge in [-0.15, -0.1) is 4.36 Å². The Balaban J connectivity index is 2.30. The van der Waals surface area contributed by atoms with E-state index in [1.807, 2.05) is 6.07 Å². The van der Waals surface area contributed by atoms with E-state index in [1.165, 1.54) is 4.90 Å². The second kappa shape index (κ2) is 6.67. The summed E-state index contributed by atoms with van der Waals surface area (Å²) in [4.78, 5) is 13.0. The fourth-order valence-corrected chi connectivity index (χ4v) is 2.17. The van der Waals surface area contributed by atoms with Crippen molar-refractivity contribution in [1.82, 2.24) is 0 Å². The second-order valence-electron chi connectivity index (χ2n) is 4.24. The van der Waals surface area contributed by atoms with E-state index < -0.39 is 16.5 Å². The SMILES string of the molecule is NC(=O)N(Cc1cccc(N=S(=O)=O)c1)c1ccccc1. The summed E-state index contributed by atoms with van der Waals surface area (Å²) in [5.74, 6) is 0. The van der Waals surface area contributed by atoms with Gasteiger partial charge in [-0.3, -0.25) is 4.90 Å². The van der Waals surface area contributed by atoms with Crippen LogP contribution in [0.4, 0.5) is 16.2 Å². The van der Waals surface area contributed by atoms with E-state index in [0.29, 0.717) is 11.4 Å². The van der Waals surface area contributed by atoms with Crippen molar-refractivity contribution < 1.29 is 13.2 Å². The molecule has 2 aromatic carbocycles. The number of hydrogen-bond donors (Lipinski definition) is 1. The van der Waals surface area contributed by atoms with Crippen molar-refractivity contribution in [1.29, 1.82) is 0 Å². The van der Waals surface area contributed by atoms with Crippen LogP contribution in [0, 0.1) is 0 Å². The van der Waals surface area contributed by atoms with Crippen LogP contribution < -0.4 is 10.6 Å². The summed E-state index contributed by atoms with van der Waals surface area (Å²) >= 11 is 0. The Morgan fingerprint density at radius 2 is 1.81 bits per heavy atom. The highest BCUT2D eigenvalue weighted by atomic mass is 32.2. The number of nitrogens with zero attached hydrogens (tertiary/aromatic N) is 2. The lowest BCUT2D eigenvalue weighted by Gasteiger charge is -2.20. The summed E-state index contributed by atoms with van der Waals surface area (Å²) in [5.41, 5.74) is 7.10. The third-order valence-corrected chi connectivity index (χ3v) is 3.12. The minimum atomic E-state index is -2.51. The van der Waals surface area contributed by atoms with Crippen LogP contribution in [-0.4, -0.2) is 14.4 Å². The number of carbonyl (C=O) groups excluding carboxylic acids is 1. The highest BCUT2D eigenvalue weighted by Gasteiger charge is 2.12. The highest BCUT2D eigenvalue weighted by Crippen LogP contribution is 2.19. The lowest BCUT2D eigenvalue weighted by Crippen LogP contribution is -2.35. The third-order valence-electron chi connectivity index (χ3n) is 2.77. The van der Waals surface area contributed by atoms with Crippen LogP contribution in [0.3, 0.4) is 0 Å². The van der Waals surface area contributed by atoms with Gasteiger partial charge in [0.2, 0.25) is 0 Å². The molecule has 0 aliphatic rings. The number of anilines is 1. The van der Waals surface area contributed by atoms with Crippen LogP contribution in [0.1, 0.15) is 5.56 Å². The molecular formula is C14H13N3O3S. The average molecular weight is 303 g/mol. The van der Waals surface area contributed by atoms with Crippen LogP contribution in [0.2, 0.25) is 0 Å². The van der Waals surface area contributed by atoms with Gasteiger partial charge in [-0.05, 0) is 29.8 Å². The molecule has 21 heavy (non-hydrogen) atoms. The quantitative estimate of drug-likeness (QED) is 0.940. The zero-order valence-corrected chi connectivity index (χ0v) is 11.8. The van der Waals surface area contributed by atoms with Gasteiger partial charge in [0.25, 0.3) is 0 Å². The maximum atomic E-state index is 11.6. The summed E-state index contributed by atoms with van der Waals surface area (Å²) in [6.07, 6.45) is 0. The van der Waals surface area contributed by atoms with Gasteiger partial charge in [-0.25, -0.2) is 4.79 Å². The molecule has 0 atom stereocenters. The Kier molecular flexibility index (Phi) is 4.68. The van der Waals surface area contributed by atoms with Crippen molar-refractivity contribution in [3.05, 3.63) is 60.2 Å². The fourth-order valence-electron chi connectivity index (χ4n) is 1.88. The van der Waals surface area contributed by atoms with Gasteiger partial charge >= 0.3 is 16.5 Å². The van der Waals surface area contributed by atoms with Crippen LogP contribution in [0.15, 0.2) is 59.0 Å². The molecule has 6 nitrogen and oxygen atoms in total. The van der Waals surface area contributed by atoms with Crippen molar-refractivity contribution in [3.8, 4) is 0 Å². The fraction of sp³-hybridized carbons (Fsp3) is 0.0714. The Morgan fingerprint density at radius 1 is 1.10 bits per heavy atom. The number of benzene rings is 2. The van der Waals surface area contributed by atoms with Gasteiger partial charge in [0.05, 0.1) is 12.2 Å². The van der Waals surface area contributed by atoms with E-state index in [4.69, 9.17) is 5.73 Å². The monoisotopic (exact) mass is 303 g/mol. The summed E-state index contributed by atoms with van der Waals surface area (Å²) in [6, 6.07) is 15.0. The minimum Gasteiger partial charge on any atom is -0.351 e. The van der Waals surface area contributed by atoms with Gasteiger partial charge in [0.1, 0.15) is 0 Å². The molecule has 0 aliphatic carbocycles. The van der Waals surface area contributed by atoms with Gasteiger partial charge in [0.15, 0.2) is 0 Å². The first kappa shape index (κ1) is 14.7. The van der Waals surface area contributed by atoms with E-state index in [2.05, 4.69) is 4.36 Å². The number of rotatable bonds is 4. The first-order chi connectivity index (χ1) is 10.1. The molecule has 0 saturated heterocycles. The summed E-state index contributed by atoms with van der Waals surface area (Å²) in [5, 5.41) is 0. The molecule has 0 bridgehead atoms. The number of nitrogens with two attached hydrogens (primary N) is 1. The molecule has 0 aliphatic heterocycles. The van der Waals surface area contributed by atoms with Crippen molar-refractivity contribution >= 4 is 27.9 Å². The van der Waals surface area contributed by atoms with Crippen LogP contribution >= 0.6 is 0 Å². The molecule has 7 heteroatoms. The molecule has 2 amide bonds. The van der Waals surface area contributed by atoms with E-state index in [9.17, 15) is 13.2 Å². The lowest BCUT2D eigenvalue weighted by atomic mass is 10.2. The Bertz CT molecular complexity index is 765. The molecule has 0 saturated carbocycles. The highest BCUT2D eigenvalue weighted by molar-refractivity contribution is 7.61. The summed E-state index contributed by atoms with van der Waals surface area (Å²) < 4.78 is 24.6. The predicted octanol–water partition coefficient (Wildman–Crippen LogP) is 2.47. The molecular weight excluding hydrogens is 290 g/mol. The van der Waals surface area contributed by atoms with Gasteiger partial charge in [-0.1, -0.05) is 30.3 Å². The van der Waals surface area contributed by atoms with Crippen molar-refractivity contribution in [2.45, 2.75) is 6.54 Å². The van der Waals surface area contributed by atoms with E-state index in [0.717, 1.165) is 5.56 Å². The number of para-hydroxylation sites is 1. The first-order valence-electron chi connectivity index (χ1n) is 6.08. The molecule has 0 heterocycles. The van der Waals surface area contributed by atoms with Crippen LogP contribution in [0.25, 0.3) is 0 Å². The van der Waals surface area contributed by atoms with Crippen LogP contribution in [-0.2, 0) is 17.0 Å². The molecule has 0 fully saturated rings. The van der Waals surface area contributed by atoms with Gasteiger partial charge in [-0.2, -0.15) is 8.42 Å². The molecule has 0 spiro atoms. The Morgan fingerprint density at radius 3 is 2.43 bits per heavy atom. The predicted molar refractivity (Wildman–Crippen MR) is 79.7 cm³/mol. The number of amides is 2. The number of carbonyl (C=O) groups is 1. The van der Waals surface area contributed by atoms with Crippen molar-refractivity contribution in [3.63, 3.8) is 0 Å². The zero-order chi connectivity index (χ0) is 15.2. The molecule has 0 radical (unpaired) electrons. The zero-order valence-electron chi connectivity index (χ0n) is 11.0. The average Bonchev–Trinajstić information content (AvgIpc) is 2.45. The third kappa shape index (κ3) is 4.15. The molecule has 0 aromatic heterocycles. The second-order valence-corrected chi connectivity index (χ2v) is 4.86. The smallest absolute Gasteiger partial charge is 0.319 e. The van der Waals surface area contributed by atoms with E-state index in [1.54, 1.807) is 48.5 Å². The molecule has 0 unspecified atom stereocenters. The van der Waals surface area contributed by atoms with E-state index in [-0.39, 0.29) is 6.54 Å². The van der Waals surface area contributed by atoms with Crippen LogP contribution in [0.5, 0.6) is 0 Å². The molecule has 2 rings (SSSR count). The number of hydrogen-bond acceptors (Lipinski definition) is 4. The maximum Gasteiger partial charge on any atom is 0.319 e. The van der Waals surface area contributed by atoms with E-state index >= 15 is 0 Å². The van der Waals surface area contributed by atoms with Crippen molar-refractivity contribution in [2.75, 3.05) is 4.90 Å². The summed E-state index contributed by atoms with van der Waals surface area (Å²) in [6.45, 7) is 0.230. The number of primary amides is 1. The number of urea groups is 1. The van der Waals surface area contributed by atoms with Crippen molar-refractivity contribution in [2.24, 2.45) is 10.1 Å². The topological polar surface area (TPSA) is 92.8 Å². The molecule has 2 aromatic rings. The molecule has 2 N–H and O–H groups in total. The molecule has 108 valence electrons. The minimum absolute atomic E-state index is 0.230. The van der Waals surface area contributed by atoms with Gasteiger partial charge in [0, 0.05) is 5.69 Å².